The van der Waals surface area contributed by atoms with Gasteiger partial charge in [0.1, 0.15) is 6.17 Å². The summed E-state index contributed by atoms with van der Waals surface area (Å²) in [6, 6.07) is 0. The normalized spacial score (nSPS) is 18.2. The number of hydrogen-bond donors (Lipinski definition) is 0. The molecule has 0 spiro atoms. The molecule has 0 aromatic carbocycles. The van der Waals surface area contributed by atoms with Crippen molar-refractivity contribution in [3.05, 3.63) is 12.4 Å². The minimum atomic E-state index is 0.641. The van der Waals surface area contributed by atoms with Crippen molar-refractivity contribution < 1.29 is 0 Å². The van der Waals surface area contributed by atoms with E-state index in [9.17, 15) is 0 Å². The fourth-order valence-corrected chi connectivity index (χ4v) is 3.08. The third-order valence-corrected chi connectivity index (χ3v) is 4.42. The van der Waals surface area contributed by atoms with E-state index < -0.39 is 0 Å². The molecule has 1 heterocycles. The Morgan fingerprint density at radius 3 is 2.00 bits per heavy atom. The lowest BCUT2D eigenvalue weighted by Gasteiger charge is -2.32. The maximum Gasteiger partial charge on any atom is 0.101 e. The second-order valence-corrected chi connectivity index (χ2v) is 6.11. The van der Waals surface area contributed by atoms with Crippen LogP contribution in [0.4, 0.5) is 0 Å². The van der Waals surface area contributed by atoms with Crippen LogP contribution >= 0.6 is 0 Å². The van der Waals surface area contributed by atoms with Crippen molar-refractivity contribution in [2.75, 3.05) is 13.1 Å². The summed E-state index contributed by atoms with van der Waals surface area (Å²) in [4.78, 5) is 5.09. The topological polar surface area (TPSA) is 6.48 Å². The second kappa shape index (κ2) is 11.0. The first-order chi connectivity index (χ1) is 9.83. The molecule has 118 valence electrons. The molecule has 0 radical (unpaired) electrons. The van der Waals surface area contributed by atoms with Gasteiger partial charge in [0.2, 0.25) is 0 Å². The summed E-state index contributed by atoms with van der Waals surface area (Å²) in [6.07, 6.45) is 19.0. The summed E-state index contributed by atoms with van der Waals surface area (Å²) in [5, 5.41) is 0. The van der Waals surface area contributed by atoms with E-state index in [1.54, 1.807) is 0 Å². The van der Waals surface area contributed by atoms with Gasteiger partial charge in [-0.1, -0.05) is 58.8 Å². The minimum Gasteiger partial charge on any atom is -0.356 e. The number of unbranched alkanes of at least 4 members (excludes halogenated alkanes) is 7. The molecule has 1 rings (SSSR count). The summed E-state index contributed by atoms with van der Waals surface area (Å²) in [5.74, 6) is 0. The molecule has 2 heteroatoms. The zero-order chi connectivity index (χ0) is 14.6. The van der Waals surface area contributed by atoms with Crippen LogP contribution in [0.5, 0.6) is 0 Å². The summed E-state index contributed by atoms with van der Waals surface area (Å²) in [6.45, 7) is 9.23. The summed E-state index contributed by atoms with van der Waals surface area (Å²) < 4.78 is 0. The highest BCUT2D eigenvalue weighted by Crippen LogP contribution is 2.21. The molecule has 2 nitrogen and oxygen atoms in total. The van der Waals surface area contributed by atoms with Crippen LogP contribution in [-0.2, 0) is 0 Å². The number of nitrogens with zero attached hydrogens (tertiary/aromatic N) is 2. The van der Waals surface area contributed by atoms with Gasteiger partial charge < -0.3 is 9.80 Å². The average Bonchev–Trinajstić information content (AvgIpc) is 2.85. The monoisotopic (exact) mass is 280 g/mol. The van der Waals surface area contributed by atoms with E-state index >= 15 is 0 Å². The Bertz CT molecular complexity index is 250. The van der Waals surface area contributed by atoms with Crippen LogP contribution < -0.4 is 0 Å². The van der Waals surface area contributed by atoms with E-state index in [1.807, 2.05) is 0 Å². The fraction of sp³-hybridized carbons (Fsp3) is 0.889. The average molecular weight is 281 g/mol. The Hall–Kier alpha value is -0.660. The largest absolute Gasteiger partial charge is 0.356 e. The molecule has 20 heavy (non-hydrogen) atoms. The molecular formula is C18H36N2. The Kier molecular flexibility index (Phi) is 9.61. The molecule has 1 aliphatic heterocycles. The van der Waals surface area contributed by atoms with Gasteiger partial charge in [0, 0.05) is 25.5 Å². The fourth-order valence-electron chi connectivity index (χ4n) is 3.08. The van der Waals surface area contributed by atoms with Gasteiger partial charge in [-0.2, -0.15) is 0 Å². The highest BCUT2D eigenvalue weighted by Gasteiger charge is 2.23. The van der Waals surface area contributed by atoms with Crippen LogP contribution in [0.1, 0.15) is 85.0 Å². The molecule has 0 aromatic heterocycles. The van der Waals surface area contributed by atoms with E-state index in [2.05, 4.69) is 43.0 Å². The first-order valence-electron chi connectivity index (χ1n) is 9.03. The third kappa shape index (κ3) is 6.19. The van der Waals surface area contributed by atoms with Crippen molar-refractivity contribution >= 4 is 0 Å². The Balaban J connectivity index is 2.22. The van der Waals surface area contributed by atoms with Crippen molar-refractivity contribution in [1.29, 1.82) is 0 Å². The lowest BCUT2D eigenvalue weighted by molar-refractivity contribution is 0.142. The Morgan fingerprint density at radius 1 is 0.700 bits per heavy atom. The maximum atomic E-state index is 2.58. The molecule has 1 unspecified atom stereocenters. The molecule has 0 saturated carbocycles. The number of rotatable bonds is 12. The van der Waals surface area contributed by atoms with Gasteiger partial charge in [0.05, 0.1) is 0 Å². The van der Waals surface area contributed by atoms with Crippen LogP contribution in [0.3, 0.4) is 0 Å². The van der Waals surface area contributed by atoms with Crippen LogP contribution in [0.15, 0.2) is 12.4 Å². The van der Waals surface area contributed by atoms with Crippen molar-refractivity contribution in [3.8, 4) is 0 Å². The van der Waals surface area contributed by atoms with Gasteiger partial charge in [-0.15, -0.1) is 0 Å². The highest BCUT2D eigenvalue weighted by atomic mass is 15.4. The lowest BCUT2D eigenvalue weighted by Crippen LogP contribution is -2.38. The smallest absolute Gasteiger partial charge is 0.101 e. The molecule has 1 atom stereocenters. The Morgan fingerprint density at radius 2 is 1.30 bits per heavy atom. The van der Waals surface area contributed by atoms with Crippen molar-refractivity contribution in [1.82, 2.24) is 9.80 Å². The highest BCUT2D eigenvalue weighted by molar-refractivity contribution is 4.96. The standard InChI is InChI=1S/C18H36N2/c1-4-7-9-10-11-13-15-20-17-16-19(6-3)18(20)14-12-8-5-2/h16-18H,4-15H2,1-3H3. The summed E-state index contributed by atoms with van der Waals surface area (Å²) in [5.41, 5.74) is 0. The number of hydrogen-bond acceptors (Lipinski definition) is 2. The van der Waals surface area contributed by atoms with Crippen molar-refractivity contribution in [2.24, 2.45) is 0 Å². The molecule has 0 N–H and O–H groups in total. The van der Waals surface area contributed by atoms with Gasteiger partial charge in [-0.25, -0.2) is 0 Å². The van der Waals surface area contributed by atoms with Crippen molar-refractivity contribution in [3.63, 3.8) is 0 Å². The lowest BCUT2D eigenvalue weighted by atomic mass is 10.1. The van der Waals surface area contributed by atoms with E-state index in [-0.39, 0.29) is 0 Å². The zero-order valence-corrected chi connectivity index (χ0v) is 14.1. The van der Waals surface area contributed by atoms with E-state index in [0.29, 0.717) is 6.17 Å². The van der Waals surface area contributed by atoms with E-state index in [0.717, 1.165) is 6.54 Å². The Labute approximate surface area is 127 Å². The van der Waals surface area contributed by atoms with Crippen LogP contribution in [0.2, 0.25) is 0 Å². The van der Waals surface area contributed by atoms with Crippen LogP contribution in [-0.4, -0.2) is 29.1 Å². The summed E-state index contributed by atoms with van der Waals surface area (Å²) in [7, 11) is 0. The van der Waals surface area contributed by atoms with Gasteiger partial charge >= 0.3 is 0 Å². The van der Waals surface area contributed by atoms with Gasteiger partial charge in [-0.3, -0.25) is 0 Å². The molecule has 0 aromatic rings. The first kappa shape index (κ1) is 17.4. The van der Waals surface area contributed by atoms with Gasteiger partial charge in [0.25, 0.3) is 0 Å². The van der Waals surface area contributed by atoms with Crippen molar-refractivity contribution in [2.45, 2.75) is 91.1 Å². The third-order valence-electron chi connectivity index (χ3n) is 4.42. The van der Waals surface area contributed by atoms with Gasteiger partial charge in [-0.05, 0) is 26.2 Å². The molecule has 0 aliphatic carbocycles. The minimum absolute atomic E-state index is 0.641. The molecule has 0 saturated heterocycles. The van der Waals surface area contributed by atoms with E-state index in [1.165, 1.54) is 70.8 Å². The molecule has 0 bridgehead atoms. The maximum absolute atomic E-state index is 2.58. The SMILES string of the molecule is CCCCCCCCN1C=CN(CC)C1CCCCC. The molecule has 1 aliphatic rings. The van der Waals surface area contributed by atoms with Crippen LogP contribution in [0.25, 0.3) is 0 Å². The van der Waals surface area contributed by atoms with Crippen LogP contribution in [0, 0.1) is 0 Å². The predicted octanol–water partition coefficient (Wildman–Crippen LogP) is 5.36. The second-order valence-electron chi connectivity index (χ2n) is 6.11. The van der Waals surface area contributed by atoms with E-state index in [4.69, 9.17) is 0 Å². The quantitative estimate of drug-likeness (QED) is 0.444. The van der Waals surface area contributed by atoms with Gasteiger partial charge in [0.15, 0.2) is 0 Å². The first-order valence-corrected chi connectivity index (χ1v) is 9.03. The molecular weight excluding hydrogens is 244 g/mol. The molecule has 0 amide bonds. The summed E-state index contributed by atoms with van der Waals surface area (Å²) >= 11 is 0. The zero-order valence-electron chi connectivity index (χ0n) is 14.1. The molecule has 0 fully saturated rings. The predicted molar refractivity (Wildman–Crippen MR) is 89.5 cm³/mol.